The van der Waals surface area contributed by atoms with Crippen LogP contribution >= 0.6 is 23.2 Å². The summed E-state index contributed by atoms with van der Waals surface area (Å²) in [6.07, 6.45) is 3.48. The fourth-order valence-corrected chi connectivity index (χ4v) is 6.13. The first kappa shape index (κ1) is 30.7. The third kappa shape index (κ3) is 6.45. The number of anilines is 2. The zero-order valence-electron chi connectivity index (χ0n) is 23.7. The van der Waals surface area contributed by atoms with Gasteiger partial charge in [0.15, 0.2) is 11.5 Å². The van der Waals surface area contributed by atoms with Crippen molar-refractivity contribution < 1.29 is 17.6 Å². The summed E-state index contributed by atoms with van der Waals surface area (Å²) >= 11 is 12.4. The van der Waals surface area contributed by atoms with Crippen LogP contribution in [0.5, 0.6) is 0 Å². The molecule has 0 bridgehead atoms. The standard InChI is InChI=1S/C27H29Cl2FN8O4S/c1-14(31-20-5-6-21(29)32-24(20)25(39)35-43(4,41)42)17-11-16(28)12-18-23(17)33-27(37(3)26(18)40)38-9-7-15(8-10-38)22-19(30)13-36(2)34-22/h5-6,11-15,31H,7-10H2,1-4H3,(H,35,39)/t14-/m1/s1. The number of aromatic nitrogens is 5. The van der Waals surface area contributed by atoms with Gasteiger partial charge in [0.2, 0.25) is 16.0 Å². The molecule has 1 aromatic carbocycles. The highest BCUT2D eigenvalue weighted by Crippen LogP contribution is 2.33. The number of amides is 1. The van der Waals surface area contributed by atoms with Gasteiger partial charge in [-0.25, -0.2) is 27.5 Å². The average molecular weight is 652 g/mol. The molecular formula is C27H29Cl2FN8O4S. The van der Waals surface area contributed by atoms with Crippen LogP contribution in [0, 0.1) is 5.82 Å². The molecule has 0 saturated carbocycles. The van der Waals surface area contributed by atoms with Crippen LogP contribution < -0.4 is 20.5 Å². The second-order valence-electron chi connectivity index (χ2n) is 10.6. The maximum Gasteiger partial charge on any atom is 0.285 e. The van der Waals surface area contributed by atoms with Crippen LogP contribution in [0.2, 0.25) is 10.2 Å². The van der Waals surface area contributed by atoms with Gasteiger partial charge >= 0.3 is 0 Å². The van der Waals surface area contributed by atoms with Gasteiger partial charge in [0.25, 0.3) is 11.5 Å². The van der Waals surface area contributed by atoms with Crippen molar-refractivity contribution in [3.05, 3.63) is 73.8 Å². The molecule has 4 heterocycles. The third-order valence-corrected chi connectivity index (χ3v) is 8.30. The summed E-state index contributed by atoms with van der Waals surface area (Å²) in [7, 11) is -0.537. The van der Waals surface area contributed by atoms with Crippen molar-refractivity contribution in [3.63, 3.8) is 0 Å². The molecular weight excluding hydrogens is 622 g/mol. The summed E-state index contributed by atoms with van der Waals surface area (Å²) in [5.74, 6) is -0.878. The van der Waals surface area contributed by atoms with Gasteiger partial charge in [0, 0.05) is 43.7 Å². The molecule has 1 atom stereocenters. The monoisotopic (exact) mass is 650 g/mol. The minimum Gasteiger partial charge on any atom is -0.377 e. The SMILES string of the molecule is C[C@@H](Nc1ccc(Cl)nc1C(=O)NS(C)(=O)=O)c1cc(Cl)cc2c(=O)n(C)c(N3CCC(c4nn(C)cc4F)CC3)nc12. The molecule has 43 heavy (non-hydrogen) atoms. The lowest BCUT2D eigenvalue weighted by atomic mass is 9.93. The van der Waals surface area contributed by atoms with Gasteiger partial charge in [-0.15, -0.1) is 0 Å². The van der Waals surface area contributed by atoms with Crippen molar-refractivity contribution in [2.45, 2.75) is 31.7 Å². The number of nitrogens with one attached hydrogen (secondary N) is 2. The van der Waals surface area contributed by atoms with Crippen LogP contribution in [0.3, 0.4) is 0 Å². The second kappa shape index (κ2) is 11.7. The number of carbonyl (C=O) groups is 1. The molecule has 4 aromatic rings. The highest BCUT2D eigenvalue weighted by Gasteiger charge is 2.28. The number of sulfonamides is 1. The van der Waals surface area contributed by atoms with Crippen molar-refractivity contribution in [2.75, 3.05) is 29.6 Å². The lowest BCUT2D eigenvalue weighted by Crippen LogP contribution is -2.38. The molecule has 1 aliphatic rings. The van der Waals surface area contributed by atoms with E-state index in [1.807, 2.05) is 9.62 Å². The molecule has 1 amide bonds. The van der Waals surface area contributed by atoms with Gasteiger partial charge in [-0.1, -0.05) is 23.2 Å². The molecule has 0 aliphatic carbocycles. The summed E-state index contributed by atoms with van der Waals surface area (Å²) in [6.45, 7) is 2.86. The number of aryl methyl sites for hydroxylation is 1. The molecule has 3 aromatic heterocycles. The van der Waals surface area contributed by atoms with Gasteiger partial charge in [-0.2, -0.15) is 5.10 Å². The molecule has 0 spiro atoms. The number of piperidine rings is 1. The van der Waals surface area contributed by atoms with Crippen LogP contribution in [-0.2, 0) is 24.1 Å². The molecule has 12 nitrogen and oxygen atoms in total. The Balaban J connectivity index is 1.49. The third-order valence-electron chi connectivity index (χ3n) is 7.32. The summed E-state index contributed by atoms with van der Waals surface area (Å²) in [5.41, 5.74) is 1.10. The zero-order valence-corrected chi connectivity index (χ0v) is 26.1. The Morgan fingerprint density at radius 3 is 2.47 bits per heavy atom. The maximum atomic E-state index is 14.3. The highest BCUT2D eigenvalue weighted by atomic mass is 35.5. The van der Waals surface area contributed by atoms with E-state index in [1.54, 1.807) is 33.2 Å². The van der Waals surface area contributed by atoms with E-state index in [9.17, 15) is 22.4 Å². The van der Waals surface area contributed by atoms with E-state index >= 15 is 0 Å². The van der Waals surface area contributed by atoms with E-state index in [1.165, 1.54) is 27.6 Å². The van der Waals surface area contributed by atoms with Crippen molar-refractivity contribution in [2.24, 2.45) is 14.1 Å². The van der Waals surface area contributed by atoms with Crippen molar-refractivity contribution >= 4 is 61.7 Å². The number of fused-ring (bicyclic) bond motifs is 1. The number of benzene rings is 1. The molecule has 5 rings (SSSR count). The Hall–Kier alpha value is -3.75. The first-order valence-electron chi connectivity index (χ1n) is 13.3. The van der Waals surface area contributed by atoms with Crippen molar-refractivity contribution in [1.82, 2.24) is 29.0 Å². The number of hydrogen-bond acceptors (Lipinski definition) is 9. The lowest BCUT2D eigenvalue weighted by Gasteiger charge is -2.33. The maximum absolute atomic E-state index is 14.3. The normalized spacial score (nSPS) is 15.1. The fourth-order valence-electron chi connectivity index (χ4n) is 5.33. The van der Waals surface area contributed by atoms with E-state index in [-0.39, 0.29) is 33.8 Å². The molecule has 0 unspecified atom stereocenters. The Morgan fingerprint density at radius 2 is 1.84 bits per heavy atom. The van der Waals surface area contributed by atoms with Crippen LogP contribution in [0.4, 0.5) is 16.0 Å². The Labute approximate surface area is 256 Å². The van der Waals surface area contributed by atoms with Gasteiger partial charge in [0.05, 0.1) is 35.1 Å². The fraction of sp³-hybridized carbons (Fsp3) is 0.370. The van der Waals surface area contributed by atoms with Crippen LogP contribution in [0.1, 0.15) is 53.5 Å². The first-order valence-corrected chi connectivity index (χ1v) is 16.0. The molecule has 0 radical (unpaired) electrons. The number of hydrogen-bond donors (Lipinski definition) is 2. The Bertz CT molecular complexity index is 1910. The summed E-state index contributed by atoms with van der Waals surface area (Å²) in [6, 6.07) is 5.61. The summed E-state index contributed by atoms with van der Waals surface area (Å²) < 4.78 is 42.5. The zero-order chi connectivity index (χ0) is 31.2. The number of rotatable bonds is 7. The molecule has 1 saturated heterocycles. The molecule has 1 fully saturated rings. The molecule has 16 heteroatoms. The number of pyridine rings is 1. The van der Waals surface area contributed by atoms with E-state index < -0.39 is 22.0 Å². The largest absolute Gasteiger partial charge is 0.377 e. The van der Waals surface area contributed by atoms with Crippen LogP contribution in [0.25, 0.3) is 10.9 Å². The topological polar surface area (TPSA) is 144 Å². The van der Waals surface area contributed by atoms with Gasteiger partial charge in [-0.3, -0.25) is 18.8 Å². The predicted octanol–water partition coefficient (Wildman–Crippen LogP) is 3.75. The predicted molar refractivity (Wildman–Crippen MR) is 163 cm³/mol. The van der Waals surface area contributed by atoms with Crippen LogP contribution in [-0.4, -0.2) is 58.0 Å². The minimum atomic E-state index is -3.86. The van der Waals surface area contributed by atoms with Gasteiger partial charge < -0.3 is 10.2 Å². The van der Waals surface area contributed by atoms with Crippen molar-refractivity contribution in [1.29, 1.82) is 0 Å². The quantitative estimate of drug-likeness (QED) is 0.286. The number of halogens is 3. The Kier molecular flexibility index (Phi) is 8.38. The highest BCUT2D eigenvalue weighted by molar-refractivity contribution is 7.89. The minimum absolute atomic E-state index is 0.00517. The average Bonchev–Trinajstić information content (AvgIpc) is 3.28. The molecule has 1 aliphatic heterocycles. The van der Waals surface area contributed by atoms with E-state index in [0.29, 0.717) is 59.1 Å². The van der Waals surface area contributed by atoms with E-state index in [4.69, 9.17) is 28.2 Å². The molecule has 228 valence electrons. The van der Waals surface area contributed by atoms with E-state index in [2.05, 4.69) is 15.4 Å². The Morgan fingerprint density at radius 1 is 1.14 bits per heavy atom. The summed E-state index contributed by atoms with van der Waals surface area (Å²) in [4.78, 5) is 37.1. The van der Waals surface area contributed by atoms with Gasteiger partial charge in [-0.05, 0) is 44.0 Å². The summed E-state index contributed by atoms with van der Waals surface area (Å²) in [5, 5.41) is 8.05. The smallest absolute Gasteiger partial charge is 0.285 e. The second-order valence-corrected chi connectivity index (χ2v) is 13.1. The van der Waals surface area contributed by atoms with Crippen molar-refractivity contribution in [3.8, 4) is 0 Å². The van der Waals surface area contributed by atoms with Gasteiger partial charge in [0.1, 0.15) is 10.8 Å². The van der Waals surface area contributed by atoms with Crippen LogP contribution in [0.15, 0.2) is 35.3 Å². The number of nitrogens with zero attached hydrogens (tertiary/aromatic N) is 6. The first-order chi connectivity index (χ1) is 20.2. The number of carbonyl (C=O) groups excluding carboxylic acids is 1. The lowest BCUT2D eigenvalue weighted by molar-refractivity contribution is 0.0977. The molecule has 2 N–H and O–H groups in total. The van der Waals surface area contributed by atoms with E-state index in [0.717, 1.165) is 6.26 Å².